The summed E-state index contributed by atoms with van der Waals surface area (Å²) in [5.74, 6) is 1.62. The van der Waals surface area contributed by atoms with E-state index in [-0.39, 0.29) is 5.97 Å². The standard InChI is InChI=1S/C19H36O2/c1-3-4-5-6-7-8-9-12-17-13-10-11-14-18(17)15-16-19(20)21-2/h17-18H,3-16H2,1-2H3/t17-,18+/m1/s1. The van der Waals surface area contributed by atoms with Crippen LogP contribution in [-0.2, 0) is 9.53 Å². The Morgan fingerprint density at radius 3 is 2.10 bits per heavy atom. The summed E-state index contributed by atoms with van der Waals surface area (Å²) in [5.41, 5.74) is 0. The number of unbranched alkanes of at least 4 members (excludes halogenated alkanes) is 6. The van der Waals surface area contributed by atoms with Crippen molar-refractivity contribution in [2.45, 2.75) is 96.8 Å². The van der Waals surface area contributed by atoms with E-state index in [1.54, 1.807) is 0 Å². The zero-order chi connectivity index (χ0) is 15.3. The van der Waals surface area contributed by atoms with Gasteiger partial charge in [-0.2, -0.15) is 0 Å². The minimum Gasteiger partial charge on any atom is -0.469 e. The highest BCUT2D eigenvalue weighted by Gasteiger charge is 2.25. The zero-order valence-electron chi connectivity index (χ0n) is 14.4. The summed E-state index contributed by atoms with van der Waals surface area (Å²) >= 11 is 0. The van der Waals surface area contributed by atoms with Gasteiger partial charge in [-0.05, 0) is 18.3 Å². The van der Waals surface area contributed by atoms with Gasteiger partial charge in [0, 0.05) is 6.42 Å². The van der Waals surface area contributed by atoms with E-state index >= 15 is 0 Å². The number of rotatable bonds is 11. The molecule has 0 amide bonds. The number of methoxy groups -OCH3 is 1. The second kappa shape index (κ2) is 12.1. The number of ether oxygens (including phenoxy) is 1. The van der Waals surface area contributed by atoms with Gasteiger partial charge in [-0.3, -0.25) is 4.79 Å². The van der Waals surface area contributed by atoms with Crippen LogP contribution >= 0.6 is 0 Å². The number of carbonyl (C=O) groups is 1. The molecule has 2 atom stereocenters. The van der Waals surface area contributed by atoms with Crippen LogP contribution in [0, 0.1) is 11.8 Å². The Labute approximate surface area is 132 Å². The Balaban J connectivity index is 2.13. The van der Waals surface area contributed by atoms with Crippen LogP contribution in [0.2, 0.25) is 0 Å². The average Bonchev–Trinajstić information content (AvgIpc) is 2.52. The molecule has 0 aromatic rings. The molecule has 2 heteroatoms. The molecule has 124 valence electrons. The molecular weight excluding hydrogens is 260 g/mol. The van der Waals surface area contributed by atoms with Gasteiger partial charge in [0.05, 0.1) is 7.11 Å². The summed E-state index contributed by atoms with van der Waals surface area (Å²) in [4.78, 5) is 11.3. The van der Waals surface area contributed by atoms with Crippen LogP contribution in [0.25, 0.3) is 0 Å². The largest absolute Gasteiger partial charge is 0.469 e. The molecule has 0 N–H and O–H groups in total. The normalized spacial score (nSPS) is 22.2. The van der Waals surface area contributed by atoms with Gasteiger partial charge in [0.1, 0.15) is 0 Å². The van der Waals surface area contributed by atoms with Crippen LogP contribution in [0.3, 0.4) is 0 Å². The fourth-order valence-electron chi connectivity index (χ4n) is 3.81. The Morgan fingerprint density at radius 1 is 0.905 bits per heavy atom. The zero-order valence-corrected chi connectivity index (χ0v) is 14.4. The van der Waals surface area contributed by atoms with Crippen molar-refractivity contribution in [3.05, 3.63) is 0 Å². The first-order valence-electron chi connectivity index (χ1n) is 9.34. The van der Waals surface area contributed by atoms with Gasteiger partial charge in [-0.1, -0.05) is 84.0 Å². The van der Waals surface area contributed by atoms with E-state index < -0.39 is 0 Å². The quantitative estimate of drug-likeness (QED) is 0.351. The molecule has 0 saturated heterocycles. The fraction of sp³-hybridized carbons (Fsp3) is 0.947. The third-order valence-electron chi connectivity index (χ3n) is 5.19. The van der Waals surface area contributed by atoms with E-state index in [1.165, 1.54) is 84.2 Å². The number of esters is 1. The van der Waals surface area contributed by atoms with Gasteiger partial charge in [0.2, 0.25) is 0 Å². The van der Waals surface area contributed by atoms with Gasteiger partial charge in [-0.15, -0.1) is 0 Å². The molecule has 1 aliphatic carbocycles. The van der Waals surface area contributed by atoms with Gasteiger partial charge >= 0.3 is 5.97 Å². The van der Waals surface area contributed by atoms with Crippen molar-refractivity contribution in [1.29, 1.82) is 0 Å². The first kappa shape index (κ1) is 18.5. The first-order valence-corrected chi connectivity index (χ1v) is 9.34. The van der Waals surface area contributed by atoms with Crippen molar-refractivity contribution in [3.8, 4) is 0 Å². The molecule has 0 spiro atoms. The third-order valence-corrected chi connectivity index (χ3v) is 5.19. The molecule has 0 aromatic carbocycles. The molecule has 2 nitrogen and oxygen atoms in total. The highest BCUT2D eigenvalue weighted by atomic mass is 16.5. The van der Waals surface area contributed by atoms with Crippen LogP contribution in [-0.4, -0.2) is 13.1 Å². The lowest BCUT2D eigenvalue weighted by Gasteiger charge is -2.31. The average molecular weight is 296 g/mol. The lowest BCUT2D eigenvalue weighted by atomic mass is 9.74. The molecule has 1 fully saturated rings. The maximum absolute atomic E-state index is 11.3. The SMILES string of the molecule is CCCCCCCCC[C@@H]1CCCC[C@H]1CCC(=O)OC. The number of carbonyl (C=O) groups excluding carboxylic acids is 1. The van der Waals surface area contributed by atoms with Crippen LogP contribution in [0.5, 0.6) is 0 Å². The van der Waals surface area contributed by atoms with E-state index in [4.69, 9.17) is 4.74 Å². The van der Waals surface area contributed by atoms with Gasteiger partial charge in [-0.25, -0.2) is 0 Å². The van der Waals surface area contributed by atoms with Gasteiger partial charge < -0.3 is 4.74 Å². The van der Waals surface area contributed by atoms with Crippen molar-refractivity contribution in [1.82, 2.24) is 0 Å². The third kappa shape index (κ3) is 8.48. The predicted molar refractivity (Wildman–Crippen MR) is 89.3 cm³/mol. The molecule has 0 unspecified atom stereocenters. The molecule has 0 bridgehead atoms. The van der Waals surface area contributed by atoms with Gasteiger partial charge in [0.15, 0.2) is 0 Å². The van der Waals surface area contributed by atoms with E-state index in [0.29, 0.717) is 6.42 Å². The van der Waals surface area contributed by atoms with E-state index in [0.717, 1.165) is 18.3 Å². The molecule has 0 aromatic heterocycles. The Hall–Kier alpha value is -0.530. The van der Waals surface area contributed by atoms with Crippen molar-refractivity contribution >= 4 is 5.97 Å². The highest BCUT2D eigenvalue weighted by molar-refractivity contribution is 5.69. The topological polar surface area (TPSA) is 26.3 Å². The fourth-order valence-corrected chi connectivity index (χ4v) is 3.81. The molecule has 1 rings (SSSR count). The molecule has 1 aliphatic rings. The van der Waals surface area contributed by atoms with Crippen molar-refractivity contribution in [3.63, 3.8) is 0 Å². The monoisotopic (exact) mass is 296 g/mol. The van der Waals surface area contributed by atoms with Crippen molar-refractivity contribution in [2.75, 3.05) is 7.11 Å². The summed E-state index contributed by atoms with van der Waals surface area (Å²) in [7, 11) is 1.50. The maximum Gasteiger partial charge on any atom is 0.305 e. The smallest absolute Gasteiger partial charge is 0.305 e. The minimum absolute atomic E-state index is 0.0322. The van der Waals surface area contributed by atoms with E-state index in [2.05, 4.69) is 6.92 Å². The van der Waals surface area contributed by atoms with Crippen LogP contribution in [0.15, 0.2) is 0 Å². The molecule has 0 aliphatic heterocycles. The Bertz CT molecular complexity index is 262. The molecular formula is C19H36O2. The molecule has 0 heterocycles. The van der Waals surface area contributed by atoms with Crippen LogP contribution in [0.1, 0.15) is 96.8 Å². The van der Waals surface area contributed by atoms with Crippen LogP contribution < -0.4 is 0 Å². The summed E-state index contributed by atoms with van der Waals surface area (Å²) in [5, 5.41) is 0. The summed E-state index contributed by atoms with van der Waals surface area (Å²) in [6.07, 6.45) is 18.3. The second-order valence-electron chi connectivity index (χ2n) is 6.83. The summed E-state index contributed by atoms with van der Waals surface area (Å²) < 4.78 is 4.78. The number of hydrogen-bond acceptors (Lipinski definition) is 2. The van der Waals surface area contributed by atoms with E-state index in [1.807, 2.05) is 0 Å². The summed E-state index contributed by atoms with van der Waals surface area (Å²) in [6.45, 7) is 2.28. The molecule has 1 saturated carbocycles. The molecule has 21 heavy (non-hydrogen) atoms. The maximum atomic E-state index is 11.3. The first-order chi connectivity index (χ1) is 10.3. The molecule has 0 radical (unpaired) electrons. The van der Waals surface area contributed by atoms with Gasteiger partial charge in [0.25, 0.3) is 0 Å². The lowest BCUT2D eigenvalue weighted by molar-refractivity contribution is -0.141. The lowest BCUT2D eigenvalue weighted by Crippen LogP contribution is -2.20. The Kier molecular flexibility index (Phi) is 10.6. The number of hydrogen-bond donors (Lipinski definition) is 0. The van der Waals surface area contributed by atoms with Crippen molar-refractivity contribution in [2.24, 2.45) is 11.8 Å². The van der Waals surface area contributed by atoms with E-state index in [9.17, 15) is 4.79 Å². The Morgan fingerprint density at radius 2 is 1.48 bits per heavy atom. The second-order valence-corrected chi connectivity index (χ2v) is 6.83. The highest BCUT2D eigenvalue weighted by Crippen LogP contribution is 2.36. The van der Waals surface area contributed by atoms with Crippen LogP contribution in [0.4, 0.5) is 0 Å². The summed E-state index contributed by atoms with van der Waals surface area (Å²) in [6, 6.07) is 0. The predicted octanol–water partition coefficient (Wildman–Crippen LogP) is 5.89. The minimum atomic E-state index is -0.0322. The van der Waals surface area contributed by atoms with Crippen molar-refractivity contribution < 1.29 is 9.53 Å².